The SMILES string of the molecule is COc1ccccc1O[C@@H](C(=O)OC(C)(C)C)[C@@]1(O)C(Br)=CC[C@@H]1O. The maximum atomic E-state index is 12.7. The Morgan fingerprint density at radius 3 is 2.40 bits per heavy atom. The zero-order valence-corrected chi connectivity index (χ0v) is 16.2. The van der Waals surface area contributed by atoms with Crippen LogP contribution in [0, 0.1) is 0 Å². The Balaban J connectivity index is 2.42. The van der Waals surface area contributed by atoms with Gasteiger partial charge < -0.3 is 24.4 Å². The molecule has 0 spiro atoms. The van der Waals surface area contributed by atoms with Crippen LogP contribution in [0.1, 0.15) is 27.2 Å². The quantitative estimate of drug-likeness (QED) is 0.720. The van der Waals surface area contributed by atoms with E-state index in [-0.39, 0.29) is 16.7 Å². The van der Waals surface area contributed by atoms with Gasteiger partial charge in [0.25, 0.3) is 0 Å². The van der Waals surface area contributed by atoms with E-state index >= 15 is 0 Å². The van der Waals surface area contributed by atoms with E-state index in [2.05, 4.69) is 15.9 Å². The second-order valence-electron chi connectivity index (χ2n) is 6.81. The van der Waals surface area contributed by atoms with Crippen molar-refractivity contribution in [2.75, 3.05) is 7.11 Å². The Bertz CT molecular complexity index is 666. The number of rotatable bonds is 5. The number of aliphatic hydroxyl groups is 2. The number of benzene rings is 1. The van der Waals surface area contributed by atoms with Gasteiger partial charge in [0.15, 0.2) is 17.1 Å². The molecule has 2 N–H and O–H groups in total. The second-order valence-corrected chi connectivity index (χ2v) is 7.67. The van der Waals surface area contributed by atoms with Crippen LogP contribution in [0.4, 0.5) is 0 Å². The van der Waals surface area contributed by atoms with E-state index in [0.717, 1.165) is 0 Å². The van der Waals surface area contributed by atoms with Crippen molar-refractivity contribution in [1.29, 1.82) is 0 Å². The summed E-state index contributed by atoms with van der Waals surface area (Å²) in [5.41, 5.74) is -2.74. The van der Waals surface area contributed by atoms with Crippen LogP contribution >= 0.6 is 15.9 Å². The molecule has 3 atom stereocenters. The summed E-state index contributed by atoms with van der Waals surface area (Å²) in [6.07, 6.45) is -0.903. The van der Waals surface area contributed by atoms with Gasteiger partial charge in [-0.3, -0.25) is 0 Å². The van der Waals surface area contributed by atoms with Gasteiger partial charge in [0.2, 0.25) is 6.10 Å². The normalized spacial score (nSPS) is 24.4. The molecule has 0 amide bonds. The number of aliphatic hydroxyl groups excluding tert-OH is 1. The summed E-state index contributed by atoms with van der Waals surface area (Å²) in [7, 11) is 1.47. The number of methoxy groups -OCH3 is 1. The van der Waals surface area contributed by atoms with Gasteiger partial charge in [0.05, 0.1) is 13.2 Å². The van der Waals surface area contributed by atoms with Crippen molar-refractivity contribution in [2.45, 2.75) is 50.6 Å². The lowest BCUT2D eigenvalue weighted by Gasteiger charge is -2.36. The fraction of sp³-hybridized carbons (Fsp3) is 0.500. The Labute approximate surface area is 155 Å². The van der Waals surface area contributed by atoms with Gasteiger partial charge in [-0.25, -0.2) is 4.79 Å². The zero-order chi connectivity index (χ0) is 18.8. The second kappa shape index (κ2) is 7.35. The highest BCUT2D eigenvalue weighted by Gasteiger charge is 2.55. The van der Waals surface area contributed by atoms with Crippen LogP contribution in [0.25, 0.3) is 0 Å². The lowest BCUT2D eigenvalue weighted by Crippen LogP contribution is -2.57. The maximum absolute atomic E-state index is 12.7. The average Bonchev–Trinajstić information content (AvgIpc) is 2.79. The summed E-state index contributed by atoms with van der Waals surface area (Å²) in [5.74, 6) is -0.131. The predicted octanol–water partition coefficient (Wildman–Crippen LogP) is 2.56. The summed E-state index contributed by atoms with van der Waals surface area (Å²) in [6, 6.07) is 6.74. The molecule has 138 valence electrons. The molecule has 7 heteroatoms. The van der Waals surface area contributed by atoms with Gasteiger partial charge in [-0.05, 0) is 39.3 Å². The van der Waals surface area contributed by atoms with Crippen LogP contribution in [-0.4, -0.2) is 46.7 Å². The predicted molar refractivity (Wildman–Crippen MR) is 95.8 cm³/mol. The molecule has 0 aromatic heterocycles. The minimum atomic E-state index is -1.96. The number of carbonyl (C=O) groups excluding carboxylic acids is 1. The van der Waals surface area contributed by atoms with Gasteiger partial charge in [-0.15, -0.1) is 0 Å². The van der Waals surface area contributed by atoms with Crippen LogP contribution in [-0.2, 0) is 9.53 Å². The first-order valence-electron chi connectivity index (χ1n) is 7.88. The van der Waals surface area contributed by atoms with Gasteiger partial charge in [-0.1, -0.05) is 34.1 Å². The van der Waals surface area contributed by atoms with Crippen LogP contribution < -0.4 is 9.47 Å². The maximum Gasteiger partial charge on any atom is 0.351 e. The molecule has 1 aromatic carbocycles. The van der Waals surface area contributed by atoms with Crippen molar-refractivity contribution in [3.8, 4) is 11.5 Å². The molecule has 0 aliphatic heterocycles. The molecule has 1 aliphatic rings. The van der Waals surface area contributed by atoms with Crippen LogP contribution in [0.3, 0.4) is 0 Å². The van der Waals surface area contributed by atoms with Crippen molar-refractivity contribution in [1.82, 2.24) is 0 Å². The van der Waals surface area contributed by atoms with Crippen molar-refractivity contribution in [3.05, 3.63) is 34.8 Å². The molecular formula is C18H23BrO6. The van der Waals surface area contributed by atoms with Gasteiger partial charge in [0.1, 0.15) is 5.60 Å². The highest BCUT2D eigenvalue weighted by atomic mass is 79.9. The molecule has 0 radical (unpaired) electrons. The van der Waals surface area contributed by atoms with E-state index in [1.165, 1.54) is 7.11 Å². The number of hydrogen-bond donors (Lipinski definition) is 2. The lowest BCUT2D eigenvalue weighted by atomic mass is 9.92. The average molecular weight is 415 g/mol. The summed E-state index contributed by atoms with van der Waals surface area (Å²) < 4.78 is 16.7. The van der Waals surface area contributed by atoms with Crippen molar-refractivity contribution in [3.63, 3.8) is 0 Å². The first kappa shape index (κ1) is 19.8. The van der Waals surface area contributed by atoms with E-state index < -0.39 is 29.4 Å². The van der Waals surface area contributed by atoms with Gasteiger partial charge >= 0.3 is 5.97 Å². The molecule has 6 nitrogen and oxygen atoms in total. The van der Waals surface area contributed by atoms with Gasteiger partial charge in [-0.2, -0.15) is 0 Å². The summed E-state index contributed by atoms with van der Waals surface area (Å²) in [5, 5.41) is 21.3. The number of hydrogen-bond acceptors (Lipinski definition) is 6. The molecule has 0 bridgehead atoms. The smallest absolute Gasteiger partial charge is 0.351 e. The minimum absolute atomic E-state index is 0.186. The Kier molecular flexibility index (Phi) is 5.81. The standard InChI is InChI=1S/C18H23BrO6/c1-17(2,3)25-16(21)15(18(22)13(19)9-10-14(18)20)24-12-8-6-5-7-11(12)23-4/h5-9,14-15,20,22H,10H2,1-4H3/t14-,15-,18+/m0/s1. The monoisotopic (exact) mass is 414 g/mol. The first-order chi connectivity index (χ1) is 11.6. The molecule has 2 rings (SSSR count). The number of para-hydroxylation sites is 2. The molecular weight excluding hydrogens is 392 g/mol. The minimum Gasteiger partial charge on any atom is -0.493 e. The Morgan fingerprint density at radius 2 is 1.92 bits per heavy atom. The molecule has 0 saturated carbocycles. The third kappa shape index (κ3) is 4.16. The molecule has 0 saturated heterocycles. The molecule has 0 heterocycles. The largest absolute Gasteiger partial charge is 0.493 e. The Hall–Kier alpha value is -1.57. The van der Waals surface area contributed by atoms with Crippen molar-refractivity contribution >= 4 is 21.9 Å². The summed E-state index contributed by atoms with van der Waals surface area (Å²) in [4.78, 5) is 12.7. The van der Waals surface area contributed by atoms with E-state index in [4.69, 9.17) is 14.2 Å². The topological polar surface area (TPSA) is 85.2 Å². The number of ether oxygens (including phenoxy) is 3. The van der Waals surface area contributed by atoms with E-state index in [9.17, 15) is 15.0 Å². The lowest BCUT2D eigenvalue weighted by molar-refractivity contribution is -0.180. The highest BCUT2D eigenvalue weighted by Crippen LogP contribution is 2.41. The van der Waals surface area contributed by atoms with E-state index in [0.29, 0.717) is 5.75 Å². The molecule has 0 fully saturated rings. The summed E-state index contributed by atoms with van der Waals surface area (Å²) in [6.45, 7) is 5.14. The summed E-state index contributed by atoms with van der Waals surface area (Å²) >= 11 is 3.23. The third-order valence-electron chi connectivity index (χ3n) is 3.75. The Morgan fingerprint density at radius 1 is 1.32 bits per heavy atom. The van der Waals surface area contributed by atoms with E-state index in [1.807, 2.05) is 0 Å². The molecule has 25 heavy (non-hydrogen) atoms. The number of halogens is 1. The zero-order valence-electron chi connectivity index (χ0n) is 14.7. The molecule has 0 unspecified atom stereocenters. The van der Waals surface area contributed by atoms with E-state index in [1.54, 1.807) is 51.1 Å². The fourth-order valence-corrected chi connectivity index (χ4v) is 3.19. The van der Waals surface area contributed by atoms with Crippen LogP contribution in [0.15, 0.2) is 34.8 Å². The molecule has 1 aliphatic carbocycles. The first-order valence-corrected chi connectivity index (χ1v) is 8.68. The highest BCUT2D eigenvalue weighted by molar-refractivity contribution is 9.11. The molecule has 1 aromatic rings. The van der Waals surface area contributed by atoms with Gasteiger partial charge in [0, 0.05) is 4.48 Å². The van der Waals surface area contributed by atoms with Crippen molar-refractivity contribution < 1.29 is 29.2 Å². The number of carbonyl (C=O) groups is 1. The van der Waals surface area contributed by atoms with Crippen LogP contribution in [0.2, 0.25) is 0 Å². The van der Waals surface area contributed by atoms with Crippen molar-refractivity contribution in [2.24, 2.45) is 0 Å². The third-order valence-corrected chi connectivity index (χ3v) is 4.70. The van der Waals surface area contributed by atoms with Crippen LogP contribution in [0.5, 0.6) is 11.5 Å². The number of esters is 1. The fourth-order valence-electron chi connectivity index (χ4n) is 2.53.